The van der Waals surface area contributed by atoms with Crippen LogP contribution in [0.4, 0.5) is 0 Å². The first-order chi connectivity index (χ1) is 17.4. The fraction of sp³-hybridized carbons (Fsp3) is 0.900. The van der Waals surface area contributed by atoms with Crippen molar-refractivity contribution in [2.75, 3.05) is 6.54 Å². The van der Waals surface area contributed by atoms with Crippen molar-refractivity contribution in [2.24, 2.45) is 5.92 Å². The van der Waals surface area contributed by atoms with Crippen LogP contribution >= 0.6 is 0 Å². The molecule has 0 aliphatic carbocycles. The second kappa shape index (κ2) is 25.1. The predicted octanol–water partition coefficient (Wildman–Crippen LogP) is 7.54. The molecule has 0 saturated carbocycles. The Bertz CT molecular complexity index is 553. The lowest BCUT2D eigenvalue weighted by atomic mass is 9.98. The summed E-state index contributed by atoms with van der Waals surface area (Å²) in [6.45, 7) is 6.91. The van der Waals surface area contributed by atoms with Gasteiger partial charge in [-0.25, -0.2) is 0 Å². The van der Waals surface area contributed by atoms with Crippen LogP contribution in [-0.2, 0) is 14.4 Å². The molecule has 0 aromatic heterocycles. The Labute approximate surface area is 222 Å². The molecule has 3 N–H and O–H groups in total. The van der Waals surface area contributed by atoms with Crippen molar-refractivity contribution in [3.05, 3.63) is 0 Å². The van der Waals surface area contributed by atoms with Crippen LogP contribution in [0, 0.1) is 5.92 Å². The van der Waals surface area contributed by atoms with Crippen LogP contribution in [0.1, 0.15) is 156 Å². The van der Waals surface area contributed by atoms with Crippen molar-refractivity contribution in [2.45, 2.75) is 162 Å². The van der Waals surface area contributed by atoms with E-state index in [0.29, 0.717) is 19.4 Å². The van der Waals surface area contributed by atoms with Gasteiger partial charge in [-0.15, -0.1) is 0 Å². The van der Waals surface area contributed by atoms with E-state index in [0.717, 1.165) is 19.3 Å². The minimum atomic E-state index is -0.846. The fourth-order valence-corrected chi connectivity index (χ4v) is 4.50. The molecule has 0 unspecified atom stereocenters. The van der Waals surface area contributed by atoms with Gasteiger partial charge in [0.15, 0.2) is 0 Å². The first-order valence-corrected chi connectivity index (χ1v) is 15.2. The first-order valence-electron chi connectivity index (χ1n) is 15.2. The number of carboxylic acids is 1. The van der Waals surface area contributed by atoms with E-state index < -0.39 is 12.0 Å². The molecule has 2 atom stereocenters. The quantitative estimate of drug-likeness (QED) is 0.105. The third kappa shape index (κ3) is 21.7. The third-order valence-corrected chi connectivity index (χ3v) is 7.19. The molecule has 0 fully saturated rings. The van der Waals surface area contributed by atoms with Crippen LogP contribution in [0.25, 0.3) is 0 Å². The largest absolute Gasteiger partial charge is 0.481 e. The van der Waals surface area contributed by atoms with Gasteiger partial charge >= 0.3 is 5.97 Å². The maximum atomic E-state index is 12.7. The van der Waals surface area contributed by atoms with Crippen molar-refractivity contribution in [1.82, 2.24) is 10.6 Å². The van der Waals surface area contributed by atoms with Gasteiger partial charge in [-0.1, -0.05) is 124 Å². The van der Waals surface area contributed by atoms with E-state index in [2.05, 4.69) is 17.6 Å². The van der Waals surface area contributed by atoms with E-state index in [1.54, 1.807) is 0 Å². The summed E-state index contributed by atoms with van der Waals surface area (Å²) in [5, 5.41) is 14.6. The minimum absolute atomic E-state index is 0.0544. The lowest BCUT2D eigenvalue weighted by Gasteiger charge is -2.23. The van der Waals surface area contributed by atoms with Gasteiger partial charge in [0.05, 0.1) is 0 Å². The fourth-order valence-electron chi connectivity index (χ4n) is 4.50. The summed E-state index contributed by atoms with van der Waals surface area (Å²) >= 11 is 0. The van der Waals surface area contributed by atoms with Crippen molar-refractivity contribution in [1.29, 1.82) is 0 Å². The highest BCUT2D eigenvalue weighted by atomic mass is 16.4. The maximum absolute atomic E-state index is 12.7. The third-order valence-electron chi connectivity index (χ3n) is 7.19. The Morgan fingerprint density at radius 3 is 1.53 bits per heavy atom. The van der Waals surface area contributed by atoms with Crippen LogP contribution in [0.5, 0.6) is 0 Å². The number of hydrogen-bond acceptors (Lipinski definition) is 3. The Morgan fingerprint density at radius 1 is 0.639 bits per heavy atom. The highest BCUT2D eigenvalue weighted by Crippen LogP contribution is 2.14. The van der Waals surface area contributed by atoms with Crippen molar-refractivity contribution in [3.63, 3.8) is 0 Å². The Hall–Kier alpha value is -1.59. The number of hydrogen-bond donors (Lipinski definition) is 3. The molecule has 6 nitrogen and oxygen atoms in total. The zero-order chi connectivity index (χ0) is 26.9. The topological polar surface area (TPSA) is 95.5 Å². The number of nitrogens with one attached hydrogen (secondary N) is 2. The Kier molecular flexibility index (Phi) is 24.0. The second-order valence-corrected chi connectivity index (χ2v) is 10.6. The molecule has 0 rings (SSSR count). The van der Waals surface area contributed by atoms with E-state index in [1.165, 1.54) is 89.9 Å². The number of carboxylic acid groups (broad SMARTS) is 1. The molecule has 36 heavy (non-hydrogen) atoms. The van der Waals surface area contributed by atoms with Gasteiger partial charge < -0.3 is 15.7 Å². The number of carbonyl (C=O) groups excluding carboxylic acids is 2. The van der Waals surface area contributed by atoms with Crippen molar-refractivity contribution >= 4 is 17.8 Å². The smallest absolute Gasteiger partial charge is 0.303 e. The summed E-state index contributed by atoms with van der Waals surface area (Å²) in [4.78, 5) is 35.5. The zero-order valence-corrected chi connectivity index (χ0v) is 23.9. The number of amides is 2. The first kappa shape index (κ1) is 34.4. The number of rotatable bonds is 26. The SMILES string of the molecule is CCCCCCCCCCCCCCCCCCNC(=O)[C@@H](NC(=O)CCCCC(=O)O)[C@@H](C)CC. The monoisotopic (exact) mass is 510 g/mol. The van der Waals surface area contributed by atoms with Gasteiger partial charge in [0, 0.05) is 19.4 Å². The number of carbonyl (C=O) groups is 3. The molecule has 212 valence electrons. The molecule has 0 aromatic carbocycles. The summed E-state index contributed by atoms with van der Waals surface area (Å²) in [6, 6.07) is -0.525. The molecule has 6 heteroatoms. The number of unbranched alkanes of at least 4 members (excludes halogenated alkanes) is 16. The predicted molar refractivity (Wildman–Crippen MR) is 150 cm³/mol. The van der Waals surface area contributed by atoms with Gasteiger partial charge in [-0.2, -0.15) is 0 Å². The van der Waals surface area contributed by atoms with E-state index in [9.17, 15) is 14.4 Å². The van der Waals surface area contributed by atoms with Gasteiger partial charge in [-0.3, -0.25) is 14.4 Å². The van der Waals surface area contributed by atoms with Crippen LogP contribution in [0.15, 0.2) is 0 Å². The van der Waals surface area contributed by atoms with E-state index in [-0.39, 0.29) is 30.6 Å². The molecule has 0 radical (unpaired) electrons. The van der Waals surface area contributed by atoms with Gasteiger partial charge in [-0.05, 0) is 25.2 Å². The Morgan fingerprint density at radius 2 is 1.08 bits per heavy atom. The summed E-state index contributed by atoms with van der Waals surface area (Å²) < 4.78 is 0. The summed E-state index contributed by atoms with van der Waals surface area (Å²) in [5.74, 6) is -1.08. The molecule has 0 aliphatic heterocycles. The maximum Gasteiger partial charge on any atom is 0.303 e. The van der Waals surface area contributed by atoms with Crippen molar-refractivity contribution in [3.8, 4) is 0 Å². The molecule has 0 heterocycles. The van der Waals surface area contributed by atoms with Crippen LogP contribution in [-0.4, -0.2) is 35.5 Å². The van der Waals surface area contributed by atoms with E-state index in [1.807, 2.05) is 13.8 Å². The summed E-state index contributed by atoms with van der Waals surface area (Å²) in [5.41, 5.74) is 0. The van der Waals surface area contributed by atoms with E-state index in [4.69, 9.17) is 5.11 Å². The molecule has 0 spiro atoms. The molecular formula is C30H58N2O4. The Balaban J connectivity index is 3.74. The average molecular weight is 511 g/mol. The normalized spacial score (nSPS) is 12.8. The van der Waals surface area contributed by atoms with Gasteiger partial charge in [0.1, 0.15) is 6.04 Å². The van der Waals surface area contributed by atoms with Crippen LogP contribution in [0.2, 0.25) is 0 Å². The van der Waals surface area contributed by atoms with Crippen molar-refractivity contribution < 1.29 is 19.5 Å². The molecular weight excluding hydrogens is 452 g/mol. The van der Waals surface area contributed by atoms with Crippen LogP contribution < -0.4 is 10.6 Å². The molecule has 2 amide bonds. The summed E-state index contributed by atoms with van der Waals surface area (Å²) in [7, 11) is 0. The van der Waals surface area contributed by atoms with Crippen LogP contribution in [0.3, 0.4) is 0 Å². The average Bonchev–Trinajstić information content (AvgIpc) is 2.86. The minimum Gasteiger partial charge on any atom is -0.481 e. The number of aliphatic carboxylic acids is 1. The van der Waals surface area contributed by atoms with E-state index >= 15 is 0 Å². The lowest BCUT2D eigenvalue weighted by molar-refractivity contribution is -0.137. The molecule has 0 aliphatic rings. The lowest BCUT2D eigenvalue weighted by Crippen LogP contribution is -2.50. The van der Waals surface area contributed by atoms with Gasteiger partial charge in [0.2, 0.25) is 11.8 Å². The molecule has 0 bridgehead atoms. The highest BCUT2D eigenvalue weighted by molar-refractivity contribution is 5.87. The standard InChI is InChI=1S/C30H58N2O4/c1-4-6-7-8-9-10-11-12-13-14-15-16-17-18-19-22-25-31-30(36)29(26(3)5-2)32-27(33)23-20-21-24-28(34)35/h26,29H,4-25H2,1-3H3,(H,31,36)(H,32,33)(H,34,35)/t26-,29-/m0/s1. The molecule has 0 saturated heterocycles. The highest BCUT2D eigenvalue weighted by Gasteiger charge is 2.25. The molecule has 0 aromatic rings. The summed E-state index contributed by atoms with van der Waals surface area (Å²) in [6.07, 6.45) is 23.3. The van der Waals surface area contributed by atoms with Gasteiger partial charge in [0.25, 0.3) is 0 Å². The zero-order valence-electron chi connectivity index (χ0n) is 23.9. The second-order valence-electron chi connectivity index (χ2n) is 10.6.